The maximum absolute atomic E-state index is 12.8. The lowest BCUT2D eigenvalue weighted by atomic mass is 10.1. The number of nitrogen functional groups attached to an aromatic ring is 1. The first-order valence-corrected chi connectivity index (χ1v) is 22.4. The molecule has 0 saturated heterocycles. The number of anilines is 1. The maximum Gasteiger partial charge on any atom is 0.420 e. The van der Waals surface area contributed by atoms with Gasteiger partial charge in [0.25, 0.3) is 0 Å². The summed E-state index contributed by atoms with van der Waals surface area (Å²) in [6.45, 7) is 14.7. The smallest absolute Gasteiger partial charge is 0.420 e. The topological polar surface area (TPSA) is 302 Å². The Labute approximate surface area is 422 Å². The Morgan fingerprint density at radius 1 is 0.625 bits per heavy atom. The number of ether oxygens (including phenoxy) is 5. The summed E-state index contributed by atoms with van der Waals surface area (Å²) in [4.78, 5) is 68.2. The molecule has 0 aliphatic heterocycles. The van der Waals surface area contributed by atoms with Gasteiger partial charge >= 0.3 is 24.4 Å². The molecule has 6 rings (SSSR count). The van der Waals surface area contributed by atoms with Crippen LogP contribution >= 0.6 is 15.9 Å². The van der Waals surface area contributed by atoms with E-state index >= 15 is 0 Å². The van der Waals surface area contributed by atoms with E-state index in [9.17, 15) is 34.8 Å². The van der Waals surface area contributed by atoms with Crippen LogP contribution in [0.1, 0.15) is 84.6 Å². The standard InChI is InChI=1S/C26H29BrN6O5.C22H23N7O5/c1-25(2,3)37-23(34)33(24(35)38-26(4,5)6)15-17-13-29-22(30-14-17)18-9-8-16(12-28)10-19(18)36-21-11-20(27)31-32(21)7;1-22(2,3)34-21(32)29(20(30)31)12-14-10-25-19(26-11-14)15-6-5-13(9-23)7-16(15)33-18-8-17(24)27-28(18)4/h8-11,13-14H,15H2,1-7H3;5-8,10-11H,12H2,1-4H3,(H2,24,27)(H,30,31). The van der Waals surface area contributed by atoms with Crippen molar-refractivity contribution in [2.75, 3.05) is 5.73 Å². The number of carboxylic acid groups (broad SMARTS) is 1. The molecule has 24 heteroatoms. The van der Waals surface area contributed by atoms with Gasteiger partial charge in [0.2, 0.25) is 11.8 Å². The first kappa shape index (κ1) is 54.3. The third kappa shape index (κ3) is 15.4. The molecule has 4 amide bonds. The van der Waals surface area contributed by atoms with Gasteiger partial charge in [-0.15, -0.1) is 0 Å². The van der Waals surface area contributed by atoms with E-state index in [0.29, 0.717) is 72.0 Å². The fourth-order valence-corrected chi connectivity index (χ4v) is 6.34. The average Bonchev–Trinajstić information content (AvgIpc) is 3.78. The van der Waals surface area contributed by atoms with Crippen molar-refractivity contribution in [3.05, 3.63) is 100 Å². The first-order valence-electron chi connectivity index (χ1n) is 21.6. The molecule has 6 aromatic rings. The number of hydrogen-bond acceptors (Lipinski definition) is 18. The van der Waals surface area contributed by atoms with Gasteiger partial charge in [-0.25, -0.2) is 58.3 Å². The highest BCUT2D eigenvalue weighted by Crippen LogP contribution is 2.35. The molecule has 0 radical (unpaired) electrons. The zero-order valence-electron chi connectivity index (χ0n) is 41.3. The van der Waals surface area contributed by atoms with Crippen molar-refractivity contribution in [1.29, 1.82) is 10.5 Å². The van der Waals surface area contributed by atoms with Crippen molar-refractivity contribution in [3.63, 3.8) is 0 Å². The summed E-state index contributed by atoms with van der Waals surface area (Å²) in [5.74, 6) is 2.29. The Kier molecular flexibility index (Phi) is 16.9. The summed E-state index contributed by atoms with van der Waals surface area (Å²) in [5.41, 5.74) is 5.83. The second-order valence-electron chi connectivity index (χ2n) is 18.5. The molecule has 0 unspecified atom stereocenters. The molecule has 0 atom stereocenters. The van der Waals surface area contributed by atoms with E-state index in [1.165, 1.54) is 41.6 Å². The maximum atomic E-state index is 12.8. The highest BCUT2D eigenvalue weighted by Gasteiger charge is 2.32. The number of nitrogens with zero attached hydrogens (tertiary/aromatic N) is 12. The molecule has 0 saturated carbocycles. The zero-order valence-corrected chi connectivity index (χ0v) is 42.9. The third-order valence-electron chi connectivity index (χ3n) is 8.96. The van der Waals surface area contributed by atoms with Crippen LogP contribution in [0.5, 0.6) is 23.3 Å². The van der Waals surface area contributed by atoms with Crippen LogP contribution in [0.2, 0.25) is 0 Å². The molecule has 4 aromatic heterocycles. The monoisotopic (exact) mass is 1050 g/mol. The lowest BCUT2D eigenvalue weighted by Gasteiger charge is -2.28. The lowest BCUT2D eigenvalue weighted by Crippen LogP contribution is -2.43. The molecule has 72 heavy (non-hydrogen) atoms. The number of benzene rings is 2. The summed E-state index contributed by atoms with van der Waals surface area (Å²) < 4.78 is 31.4. The number of halogens is 1. The van der Waals surface area contributed by atoms with E-state index in [-0.39, 0.29) is 24.7 Å². The van der Waals surface area contributed by atoms with Crippen molar-refractivity contribution in [3.8, 4) is 58.2 Å². The van der Waals surface area contributed by atoms with Gasteiger partial charge in [0.1, 0.15) is 38.7 Å². The average molecular weight is 1050 g/mol. The molecule has 0 spiro atoms. The Balaban J connectivity index is 0.000000269. The van der Waals surface area contributed by atoms with Crippen molar-refractivity contribution in [2.24, 2.45) is 14.1 Å². The lowest BCUT2D eigenvalue weighted by molar-refractivity contribution is -0.000428. The van der Waals surface area contributed by atoms with Crippen molar-refractivity contribution in [1.82, 2.24) is 49.3 Å². The van der Waals surface area contributed by atoms with Crippen LogP contribution in [0.15, 0.2) is 77.9 Å². The molecular formula is C48H52BrN13O10. The largest absolute Gasteiger partial charge is 0.465 e. The fourth-order valence-electron chi connectivity index (χ4n) is 5.91. The van der Waals surface area contributed by atoms with E-state index in [0.717, 1.165) is 4.90 Å². The van der Waals surface area contributed by atoms with Crippen LogP contribution in [0.25, 0.3) is 22.8 Å². The molecule has 2 aromatic carbocycles. The van der Waals surface area contributed by atoms with Gasteiger partial charge in [-0.3, -0.25) is 0 Å². The number of nitriles is 2. The van der Waals surface area contributed by atoms with Gasteiger partial charge in [0, 0.05) is 62.1 Å². The minimum atomic E-state index is -1.46. The van der Waals surface area contributed by atoms with Gasteiger partial charge in [-0.2, -0.15) is 20.7 Å². The van der Waals surface area contributed by atoms with Crippen LogP contribution < -0.4 is 15.2 Å². The van der Waals surface area contributed by atoms with Crippen LogP contribution in [-0.4, -0.2) is 95.6 Å². The van der Waals surface area contributed by atoms with Crippen molar-refractivity contribution in [2.45, 2.75) is 92.2 Å². The van der Waals surface area contributed by atoms with Gasteiger partial charge in [0.15, 0.2) is 11.6 Å². The summed E-state index contributed by atoms with van der Waals surface area (Å²) in [6, 6.07) is 17.0. The Morgan fingerprint density at radius 2 is 1.00 bits per heavy atom. The first-order chi connectivity index (χ1) is 33.6. The fraction of sp³-hybridized carbons (Fsp3) is 0.333. The number of hydrogen-bond donors (Lipinski definition) is 2. The van der Waals surface area contributed by atoms with E-state index in [4.69, 9.17) is 29.4 Å². The molecule has 0 aliphatic rings. The van der Waals surface area contributed by atoms with Crippen molar-refractivity contribution >= 4 is 46.1 Å². The molecule has 376 valence electrons. The van der Waals surface area contributed by atoms with E-state index in [1.54, 1.807) is 117 Å². The predicted molar refractivity (Wildman–Crippen MR) is 261 cm³/mol. The summed E-state index contributed by atoms with van der Waals surface area (Å²) in [6.07, 6.45) is 1.62. The number of nitrogens with two attached hydrogens (primary N) is 1. The summed E-state index contributed by atoms with van der Waals surface area (Å²) >= 11 is 3.31. The highest BCUT2D eigenvalue weighted by molar-refractivity contribution is 9.10. The number of aromatic nitrogens is 8. The molecule has 0 fully saturated rings. The Morgan fingerprint density at radius 3 is 1.33 bits per heavy atom. The minimum Gasteiger partial charge on any atom is -0.465 e. The molecule has 0 aliphatic carbocycles. The van der Waals surface area contributed by atoms with Crippen LogP contribution in [-0.2, 0) is 41.4 Å². The van der Waals surface area contributed by atoms with Gasteiger partial charge in [-0.05, 0) is 115 Å². The Hall–Kier alpha value is -8.64. The van der Waals surface area contributed by atoms with Gasteiger partial charge in [0.05, 0.1) is 47.5 Å². The number of amides is 4. The number of rotatable bonds is 10. The highest BCUT2D eigenvalue weighted by atomic mass is 79.9. The minimum absolute atomic E-state index is 0.163. The quantitative estimate of drug-likeness (QED) is 0.121. The number of imide groups is 2. The van der Waals surface area contributed by atoms with Crippen LogP contribution in [0.3, 0.4) is 0 Å². The molecule has 0 bridgehead atoms. The predicted octanol–water partition coefficient (Wildman–Crippen LogP) is 9.51. The van der Waals surface area contributed by atoms with Crippen LogP contribution in [0, 0.1) is 22.7 Å². The third-order valence-corrected chi connectivity index (χ3v) is 9.35. The summed E-state index contributed by atoms with van der Waals surface area (Å²) in [5, 5.41) is 36.3. The molecule has 23 nitrogen and oxygen atoms in total. The molecular weight excluding hydrogens is 999 g/mol. The second kappa shape index (κ2) is 22.4. The van der Waals surface area contributed by atoms with Crippen molar-refractivity contribution < 1.29 is 48.0 Å². The normalized spacial score (nSPS) is 11.2. The summed E-state index contributed by atoms with van der Waals surface area (Å²) in [7, 11) is 3.38. The van der Waals surface area contributed by atoms with E-state index in [2.05, 4.69) is 52.1 Å². The Bertz CT molecular complexity index is 3000. The SMILES string of the molecule is Cn1nc(Br)cc1Oc1cc(C#N)ccc1-c1ncc(CN(C(=O)OC(C)(C)C)C(=O)OC(C)(C)C)cn1.Cn1nc(N)cc1Oc1cc(C#N)ccc1-c1ncc(CN(C(=O)O)C(=O)OC(C)(C)C)cn1. The van der Waals surface area contributed by atoms with Crippen LogP contribution in [0.4, 0.5) is 25.0 Å². The van der Waals surface area contributed by atoms with Gasteiger partial charge in [-0.1, -0.05) is 0 Å². The van der Waals surface area contributed by atoms with E-state index < -0.39 is 41.2 Å². The second-order valence-corrected chi connectivity index (χ2v) is 19.3. The number of carbonyl (C=O) groups is 4. The van der Waals surface area contributed by atoms with E-state index in [1.807, 2.05) is 6.07 Å². The molecule has 3 N–H and O–H groups in total. The number of carbonyl (C=O) groups excluding carboxylic acids is 3. The molecule has 4 heterocycles. The number of aryl methyl sites for hydroxylation is 2. The van der Waals surface area contributed by atoms with Gasteiger partial charge < -0.3 is 34.5 Å². The zero-order chi connectivity index (χ0) is 53.3.